The van der Waals surface area contributed by atoms with E-state index in [1.165, 1.54) is 0 Å². The molecule has 14 heavy (non-hydrogen) atoms. The quantitative estimate of drug-likeness (QED) is 0.824. The Bertz CT molecular complexity index is 360. The molecule has 1 aliphatic rings. The number of rotatable bonds is 4. The fraction of sp³-hybridized carbons (Fsp3) is 0.600. The van der Waals surface area contributed by atoms with Gasteiger partial charge in [-0.15, -0.1) is 11.3 Å². The molecule has 0 unspecified atom stereocenters. The van der Waals surface area contributed by atoms with Crippen LogP contribution in [0.3, 0.4) is 0 Å². The number of hydrogen-bond acceptors (Lipinski definition) is 4. The highest BCUT2D eigenvalue weighted by atomic mass is 32.1. The first-order valence-corrected chi connectivity index (χ1v) is 5.75. The van der Waals surface area contributed by atoms with E-state index < -0.39 is 0 Å². The van der Waals surface area contributed by atoms with Crippen molar-refractivity contribution in [1.29, 1.82) is 5.26 Å². The van der Waals surface area contributed by atoms with Crippen LogP contribution in [-0.2, 0) is 6.42 Å². The number of aromatic nitrogens is 1. The smallest absolute Gasteiger partial charge is 0.182 e. The number of nitrogens with zero attached hydrogens (tertiary/aromatic N) is 2. The van der Waals surface area contributed by atoms with Crippen LogP contribution in [0.15, 0.2) is 5.38 Å². The van der Waals surface area contributed by atoms with E-state index in [2.05, 4.69) is 28.7 Å². The zero-order valence-electron chi connectivity index (χ0n) is 8.21. The first-order chi connectivity index (χ1) is 6.78. The normalized spacial score (nSPS) is 17.4. The van der Waals surface area contributed by atoms with Crippen molar-refractivity contribution >= 4 is 16.5 Å². The molecule has 74 valence electrons. The topological polar surface area (TPSA) is 48.7 Å². The van der Waals surface area contributed by atoms with Gasteiger partial charge in [-0.2, -0.15) is 5.26 Å². The molecule has 1 saturated carbocycles. The summed E-state index contributed by atoms with van der Waals surface area (Å²) >= 11 is 1.62. The van der Waals surface area contributed by atoms with Crippen LogP contribution < -0.4 is 5.32 Å². The van der Waals surface area contributed by atoms with Crippen LogP contribution in [0, 0.1) is 16.7 Å². The second-order valence-electron chi connectivity index (χ2n) is 3.74. The van der Waals surface area contributed by atoms with E-state index in [0.29, 0.717) is 0 Å². The highest BCUT2D eigenvalue weighted by Gasteiger charge is 2.42. The van der Waals surface area contributed by atoms with E-state index in [0.717, 1.165) is 36.6 Å². The molecule has 1 N–H and O–H groups in total. The van der Waals surface area contributed by atoms with Crippen molar-refractivity contribution in [1.82, 2.24) is 4.98 Å². The molecule has 0 aliphatic heterocycles. The van der Waals surface area contributed by atoms with Crippen molar-refractivity contribution in [2.75, 3.05) is 11.9 Å². The molecular formula is C10H13N3S. The van der Waals surface area contributed by atoms with Crippen molar-refractivity contribution in [2.45, 2.75) is 26.2 Å². The second-order valence-corrected chi connectivity index (χ2v) is 4.60. The third kappa shape index (κ3) is 1.88. The molecule has 4 heteroatoms. The highest BCUT2D eigenvalue weighted by molar-refractivity contribution is 7.13. The molecule has 1 fully saturated rings. The van der Waals surface area contributed by atoms with Gasteiger partial charge in [0.25, 0.3) is 0 Å². The molecule has 3 nitrogen and oxygen atoms in total. The Hall–Kier alpha value is -1.08. The van der Waals surface area contributed by atoms with Crippen molar-refractivity contribution in [3.8, 4) is 6.07 Å². The minimum absolute atomic E-state index is 0.0853. The molecule has 1 aromatic rings. The van der Waals surface area contributed by atoms with Gasteiger partial charge in [0.05, 0.1) is 17.2 Å². The molecule has 0 radical (unpaired) electrons. The summed E-state index contributed by atoms with van der Waals surface area (Å²) in [7, 11) is 0. The summed E-state index contributed by atoms with van der Waals surface area (Å²) in [6, 6.07) is 2.36. The minimum Gasteiger partial charge on any atom is -0.360 e. The van der Waals surface area contributed by atoms with Crippen LogP contribution >= 0.6 is 11.3 Å². The molecule has 0 atom stereocenters. The summed E-state index contributed by atoms with van der Waals surface area (Å²) in [5, 5.41) is 15.1. The van der Waals surface area contributed by atoms with Gasteiger partial charge < -0.3 is 5.32 Å². The van der Waals surface area contributed by atoms with E-state index in [9.17, 15) is 0 Å². The van der Waals surface area contributed by atoms with Gasteiger partial charge in [0.2, 0.25) is 0 Å². The molecule has 0 amide bonds. The predicted octanol–water partition coefficient (Wildman–Crippen LogP) is 2.42. The summed E-state index contributed by atoms with van der Waals surface area (Å²) in [5.74, 6) is 0. The Balaban J connectivity index is 1.89. The Morgan fingerprint density at radius 3 is 3.00 bits per heavy atom. The minimum atomic E-state index is -0.0853. The van der Waals surface area contributed by atoms with Gasteiger partial charge in [0, 0.05) is 11.9 Å². The summed E-state index contributed by atoms with van der Waals surface area (Å²) in [5.41, 5.74) is 1.04. The summed E-state index contributed by atoms with van der Waals surface area (Å²) in [6.45, 7) is 2.84. The van der Waals surface area contributed by atoms with Crippen LogP contribution in [-0.4, -0.2) is 11.5 Å². The van der Waals surface area contributed by atoms with E-state index in [-0.39, 0.29) is 5.41 Å². The van der Waals surface area contributed by atoms with Crippen LogP contribution in [0.1, 0.15) is 25.5 Å². The van der Waals surface area contributed by atoms with Crippen molar-refractivity contribution in [3.63, 3.8) is 0 Å². The van der Waals surface area contributed by atoms with Crippen LogP contribution in [0.5, 0.6) is 0 Å². The molecule has 1 aliphatic carbocycles. The zero-order chi connectivity index (χ0) is 10.0. The van der Waals surface area contributed by atoms with E-state index in [1.54, 1.807) is 11.3 Å². The van der Waals surface area contributed by atoms with Crippen LogP contribution in [0.25, 0.3) is 0 Å². The largest absolute Gasteiger partial charge is 0.360 e. The Morgan fingerprint density at radius 1 is 1.71 bits per heavy atom. The predicted molar refractivity (Wildman–Crippen MR) is 57.3 cm³/mol. The standard InChI is InChI=1S/C10H13N3S/c1-2-8-5-14-9(13-8)12-7-10(6-11)3-4-10/h5H,2-4,7H2,1H3,(H,12,13). The van der Waals surface area contributed by atoms with Crippen LogP contribution in [0.2, 0.25) is 0 Å². The van der Waals surface area contributed by atoms with Crippen molar-refractivity contribution in [2.24, 2.45) is 5.41 Å². The Morgan fingerprint density at radius 2 is 2.50 bits per heavy atom. The van der Waals surface area contributed by atoms with Gasteiger partial charge >= 0.3 is 0 Å². The van der Waals surface area contributed by atoms with Gasteiger partial charge in [-0.1, -0.05) is 6.92 Å². The monoisotopic (exact) mass is 207 g/mol. The Kier molecular flexibility index (Phi) is 2.42. The summed E-state index contributed by atoms with van der Waals surface area (Å²) < 4.78 is 0. The van der Waals surface area contributed by atoms with Crippen molar-refractivity contribution < 1.29 is 0 Å². The van der Waals surface area contributed by atoms with Gasteiger partial charge in [-0.25, -0.2) is 4.98 Å². The van der Waals surface area contributed by atoms with E-state index >= 15 is 0 Å². The molecule has 0 saturated heterocycles. The molecule has 0 aromatic carbocycles. The second kappa shape index (κ2) is 3.58. The lowest BCUT2D eigenvalue weighted by Crippen LogP contribution is -2.13. The van der Waals surface area contributed by atoms with E-state index in [4.69, 9.17) is 5.26 Å². The fourth-order valence-corrected chi connectivity index (χ4v) is 2.07. The average Bonchev–Trinajstić information content (AvgIpc) is 2.86. The lowest BCUT2D eigenvalue weighted by molar-refractivity contribution is 0.710. The molecule has 2 rings (SSSR count). The molecule has 1 aromatic heterocycles. The van der Waals surface area contributed by atoms with Crippen LogP contribution in [0.4, 0.5) is 5.13 Å². The Labute approximate surface area is 87.8 Å². The van der Waals surface area contributed by atoms with Gasteiger partial charge in [0.15, 0.2) is 5.13 Å². The first kappa shape index (κ1) is 9.47. The van der Waals surface area contributed by atoms with Gasteiger partial charge in [0.1, 0.15) is 0 Å². The number of nitrogens with one attached hydrogen (secondary N) is 1. The molecule has 0 spiro atoms. The third-order valence-corrected chi connectivity index (χ3v) is 3.43. The number of thiazole rings is 1. The lowest BCUT2D eigenvalue weighted by atomic mass is 10.1. The van der Waals surface area contributed by atoms with E-state index in [1.807, 2.05) is 0 Å². The number of nitriles is 1. The molecular weight excluding hydrogens is 194 g/mol. The molecule has 1 heterocycles. The van der Waals surface area contributed by atoms with Gasteiger partial charge in [-0.3, -0.25) is 0 Å². The van der Waals surface area contributed by atoms with Crippen molar-refractivity contribution in [3.05, 3.63) is 11.1 Å². The number of hydrogen-bond donors (Lipinski definition) is 1. The third-order valence-electron chi connectivity index (χ3n) is 2.58. The maximum absolute atomic E-state index is 8.88. The molecule has 0 bridgehead atoms. The summed E-state index contributed by atoms with van der Waals surface area (Å²) in [6.07, 6.45) is 3.03. The SMILES string of the molecule is CCc1csc(NCC2(C#N)CC2)n1. The lowest BCUT2D eigenvalue weighted by Gasteiger charge is -2.05. The number of anilines is 1. The first-order valence-electron chi connectivity index (χ1n) is 4.87. The van der Waals surface area contributed by atoms with Gasteiger partial charge in [-0.05, 0) is 19.3 Å². The average molecular weight is 207 g/mol. The zero-order valence-corrected chi connectivity index (χ0v) is 9.02. The highest BCUT2D eigenvalue weighted by Crippen LogP contribution is 2.44. The maximum Gasteiger partial charge on any atom is 0.182 e. The number of aryl methyl sites for hydroxylation is 1. The summed E-state index contributed by atoms with van der Waals surface area (Å²) in [4.78, 5) is 4.39. The maximum atomic E-state index is 8.88. The fourth-order valence-electron chi connectivity index (χ4n) is 1.27.